The molecule has 0 aliphatic heterocycles. The van der Waals surface area contributed by atoms with Crippen molar-refractivity contribution in [2.45, 2.75) is 6.92 Å². The second-order valence-electron chi connectivity index (χ2n) is 3.27. The Balaban J connectivity index is 2.37. The van der Waals surface area contributed by atoms with Crippen LogP contribution in [0.5, 0.6) is 11.6 Å². The lowest BCUT2D eigenvalue weighted by Gasteiger charge is -2.06. The molecule has 0 saturated heterocycles. The van der Waals surface area contributed by atoms with Gasteiger partial charge in [0.1, 0.15) is 29.0 Å². The molecule has 0 atom stereocenters. The number of nitriles is 1. The number of rotatable bonds is 2. The molecule has 4 nitrogen and oxygen atoms in total. The molecule has 1 aromatic heterocycles. The molecular weight excluding hydrogens is 221 g/mol. The highest BCUT2D eigenvalue weighted by molar-refractivity contribution is 5.45. The lowest BCUT2D eigenvalue weighted by Crippen LogP contribution is -1.95. The summed E-state index contributed by atoms with van der Waals surface area (Å²) < 4.78 is 18.6. The minimum absolute atomic E-state index is 0.135. The van der Waals surface area contributed by atoms with Gasteiger partial charge < -0.3 is 4.74 Å². The Labute approximate surface area is 97.3 Å². The molecular formula is C12H8FN3O. The molecule has 2 rings (SSSR count). The highest BCUT2D eigenvalue weighted by Crippen LogP contribution is 2.25. The Morgan fingerprint density at radius 3 is 2.88 bits per heavy atom. The van der Waals surface area contributed by atoms with E-state index in [-0.39, 0.29) is 17.2 Å². The molecule has 5 heteroatoms. The fraction of sp³-hybridized carbons (Fsp3) is 0.0833. The second kappa shape index (κ2) is 4.58. The van der Waals surface area contributed by atoms with E-state index in [0.717, 1.165) is 0 Å². The Hall–Kier alpha value is -2.48. The number of hydrogen-bond donors (Lipinski definition) is 0. The van der Waals surface area contributed by atoms with Crippen LogP contribution in [0, 0.1) is 24.1 Å². The van der Waals surface area contributed by atoms with Crippen LogP contribution in [0.25, 0.3) is 0 Å². The van der Waals surface area contributed by atoms with Gasteiger partial charge in [-0.1, -0.05) is 6.07 Å². The van der Waals surface area contributed by atoms with E-state index in [1.165, 1.54) is 24.4 Å². The van der Waals surface area contributed by atoms with Crippen molar-refractivity contribution in [3.05, 3.63) is 47.7 Å². The normalized spacial score (nSPS) is 9.71. The molecule has 17 heavy (non-hydrogen) atoms. The zero-order chi connectivity index (χ0) is 12.3. The third kappa shape index (κ3) is 2.37. The summed E-state index contributed by atoms with van der Waals surface area (Å²) in [4.78, 5) is 7.92. The molecule has 0 spiro atoms. The number of aromatic nitrogens is 2. The van der Waals surface area contributed by atoms with Crippen molar-refractivity contribution in [1.29, 1.82) is 5.26 Å². The Morgan fingerprint density at radius 2 is 2.18 bits per heavy atom. The van der Waals surface area contributed by atoms with Gasteiger partial charge in [-0.05, 0) is 19.1 Å². The zero-order valence-electron chi connectivity index (χ0n) is 9.01. The molecule has 0 aliphatic carbocycles. The van der Waals surface area contributed by atoms with Crippen molar-refractivity contribution in [3.8, 4) is 17.7 Å². The lowest BCUT2D eigenvalue weighted by molar-refractivity contribution is 0.453. The molecule has 1 heterocycles. The van der Waals surface area contributed by atoms with Crippen molar-refractivity contribution >= 4 is 0 Å². The first kappa shape index (κ1) is 11.0. The molecule has 84 valence electrons. The number of hydrogen-bond acceptors (Lipinski definition) is 4. The van der Waals surface area contributed by atoms with E-state index in [1.807, 2.05) is 0 Å². The summed E-state index contributed by atoms with van der Waals surface area (Å²) in [6.45, 7) is 1.71. The first-order chi connectivity index (χ1) is 8.20. The monoisotopic (exact) mass is 229 g/mol. The van der Waals surface area contributed by atoms with E-state index in [0.29, 0.717) is 5.82 Å². The Morgan fingerprint density at radius 1 is 1.35 bits per heavy atom. The Kier molecular flexibility index (Phi) is 2.97. The van der Waals surface area contributed by atoms with Crippen molar-refractivity contribution in [3.63, 3.8) is 0 Å². The van der Waals surface area contributed by atoms with Crippen LogP contribution in [0.3, 0.4) is 0 Å². The number of aryl methyl sites for hydroxylation is 1. The first-order valence-electron chi connectivity index (χ1n) is 4.87. The Bertz CT molecular complexity index is 593. The maximum absolute atomic E-state index is 13.3. The van der Waals surface area contributed by atoms with Crippen LogP contribution in [0.15, 0.2) is 30.5 Å². The first-order valence-corrected chi connectivity index (χ1v) is 4.87. The molecule has 0 radical (unpaired) electrons. The summed E-state index contributed by atoms with van der Waals surface area (Å²) in [7, 11) is 0. The van der Waals surface area contributed by atoms with Gasteiger partial charge in [-0.15, -0.1) is 0 Å². The van der Waals surface area contributed by atoms with Gasteiger partial charge in [0.2, 0.25) is 5.88 Å². The molecule has 0 aliphatic rings. The minimum atomic E-state index is -0.615. The van der Waals surface area contributed by atoms with Gasteiger partial charge in [-0.2, -0.15) is 10.2 Å². The van der Waals surface area contributed by atoms with Gasteiger partial charge in [0, 0.05) is 12.3 Å². The summed E-state index contributed by atoms with van der Waals surface area (Å²) in [6.07, 6.45) is 1.53. The van der Waals surface area contributed by atoms with Crippen LogP contribution in [-0.4, -0.2) is 9.97 Å². The van der Waals surface area contributed by atoms with Gasteiger partial charge in [0.05, 0.1) is 0 Å². The van der Waals surface area contributed by atoms with Gasteiger partial charge in [-0.25, -0.2) is 9.37 Å². The minimum Gasteiger partial charge on any atom is -0.437 e. The highest BCUT2D eigenvalue weighted by atomic mass is 19.1. The summed E-state index contributed by atoms with van der Waals surface area (Å²) in [5.74, 6) is 0.346. The van der Waals surface area contributed by atoms with Crippen molar-refractivity contribution in [1.82, 2.24) is 9.97 Å². The summed E-state index contributed by atoms with van der Waals surface area (Å²) in [5.41, 5.74) is -0.135. The smallest absolute Gasteiger partial charge is 0.222 e. The van der Waals surface area contributed by atoms with Crippen LogP contribution >= 0.6 is 0 Å². The van der Waals surface area contributed by atoms with Crippen LogP contribution in [0.2, 0.25) is 0 Å². The summed E-state index contributed by atoms with van der Waals surface area (Å²) in [5, 5.41) is 8.83. The van der Waals surface area contributed by atoms with Crippen molar-refractivity contribution in [2.75, 3.05) is 0 Å². The molecule has 2 aromatic rings. The molecule has 1 aromatic carbocycles. The zero-order valence-corrected chi connectivity index (χ0v) is 9.01. The van der Waals surface area contributed by atoms with E-state index in [2.05, 4.69) is 9.97 Å². The average molecular weight is 229 g/mol. The van der Waals surface area contributed by atoms with Crippen LogP contribution < -0.4 is 4.74 Å². The second-order valence-corrected chi connectivity index (χ2v) is 3.27. The third-order valence-corrected chi connectivity index (χ3v) is 2.05. The standard InChI is InChI=1S/C12H8FN3O/c1-8-15-6-5-12(16-8)17-11-4-2-3-10(13)9(11)7-14/h2-6H,1H3. The van der Waals surface area contributed by atoms with Crippen molar-refractivity contribution in [2.24, 2.45) is 0 Å². The van der Waals surface area contributed by atoms with Gasteiger partial charge >= 0.3 is 0 Å². The fourth-order valence-corrected chi connectivity index (χ4v) is 1.30. The highest BCUT2D eigenvalue weighted by Gasteiger charge is 2.10. The number of ether oxygens (including phenoxy) is 1. The van der Waals surface area contributed by atoms with Crippen LogP contribution in [0.1, 0.15) is 11.4 Å². The molecule has 0 N–H and O–H groups in total. The van der Waals surface area contributed by atoms with E-state index in [4.69, 9.17) is 10.00 Å². The van der Waals surface area contributed by atoms with Crippen LogP contribution in [0.4, 0.5) is 4.39 Å². The third-order valence-electron chi connectivity index (χ3n) is 2.05. The predicted molar refractivity (Wildman–Crippen MR) is 58.0 cm³/mol. The largest absolute Gasteiger partial charge is 0.437 e. The van der Waals surface area contributed by atoms with E-state index in [1.54, 1.807) is 19.1 Å². The maximum atomic E-state index is 13.3. The maximum Gasteiger partial charge on any atom is 0.222 e. The summed E-state index contributed by atoms with van der Waals surface area (Å²) >= 11 is 0. The molecule has 0 amide bonds. The fourth-order valence-electron chi connectivity index (χ4n) is 1.30. The van der Waals surface area contributed by atoms with Gasteiger partial charge in [0.15, 0.2) is 0 Å². The average Bonchev–Trinajstić information content (AvgIpc) is 2.29. The molecule has 0 bridgehead atoms. The lowest BCUT2D eigenvalue weighted by atomic mass is 10.2. The molecule has 0 saturated carbocycles. The number of benzene rings is 1. The number of halogens is 1. The molecule has 0 fully saturated rings. The predicted octanol–water partition coefficient (Wildman–Crippen LogP) is 2.59. The van der Waals surface area contributed by atoms with Gasteiger partial charge in [0.25, 0.3) is 0 Å². The van der Waals surface area contributed by atoms with Crippen LogP contribution in [-0.2, 0) is 0 Å². The topological polar surface area (TPSA) is 58.8 Å². The summed E-state index contributed by atoms with van der Waals surface area (Å²) in [6, 6.07) is 7.49. The molecule has 0 unspecified atom stereocenters. The van der Waals surface area contributed by atoms with Crippen molar-refractivity contribution < 1.29 is 9.13 Å². The SMILES string of the molecule is Cc1nccc(Oc2cccc(F)c2C#N)n1. The number of nitrogens with zero attached hydrogens (tertiary/aromatic N) is 3. The van der Waals surface area contributed by atoms with E-state index in [9.17, 15) is 4.39 Å². The van der Waals surface area contributed by atoms with Gasteiger partial charge in [-0.3, -0.25) is 0 Å². The van der Waals surface area contributed by atoms with E-state index >= 15 is 0 Å². The quantitative estimate of drug-likeness (QED) is 0.794. The van der Waals surface area contributed by atoms with E-state index < -0.39 is 5.82 Å².